The Morgan fingerprint density at radius 3 is 3.25 bits per heavy atom. The van der Waals surface area contributed by atoms with Gasteiger partial charge in [-0.3, -0.25) is 9.89 Å². The van der Waals surface area contributed by atoms with E-state index in [0.29, 0.717) is 6.04 Å². The average Bonchev–Trinajstić information content (AvgIpc) is 3.09. The largest absolute Gasteiger partial charge is 0.356 e. The monoisotopic (exact) mass is 292 g/mol. The lowest BCUT2D eigenvalue weighted by atomic mass is 9.98. The summed E-state index contributed by atoms with van der Waals surface area (Å²) in [6, 6.07) is 4.87. The number of guanidine groups is 1. The average molecular weight is 292 g/mol. The zero-order valence-electron chi connectivity index (χ0n) is 12.1. The third-order valence-corrected chi connectivity index (χ3v) is 4.89. The van der Waals surface area contributed by atoms with Crippen molar-refractivity contribution in [3.63, 3.8) is 0 Å². The quantitative estimate of drug-likeness (QED) is 0.890. The Hall–Kier alpha value is -1.07. The highest BCUT2D eigenvalue weighted by atomic mass is 32.1. The molecule has 0 amide bonds. The maximum atomic E-state index is 4.46. The molecule has 20 heavy (non-hydrogen) atoms. The normalized spacial score (nSPS) is 27.1. The summed E-state index contributed by atoms with van der Waals surface area (Å²) in [5.74, 6) is 1.73. The fourth-order valence-corrected chi connectivity index (χ4v) is 3.73. The highest BCUT2D eigenvalue weighted by Crippen LogP contribution is 2.19. The highest BCUT2D eigenvalue weighted by Gasteiger charge is 2.21. The molecule has 2 N–H and O–H groups in total. The van der Waals surface area contributed by atoms with Gasteiger partial charge in [-0.2, -0.15) is 0 Å². The third kappa shape index (κ3) is 3.73. The second kappa shape index (κ2) is 6.59. The first-order chi connectivity index (χ1) is 9.79. The molecule has 2 aliphatic heterocycles. The lowest BCUT2D eigenvalue weighted by molar-refractivity contribution is 0.169. The summed E-state index contributed by atoms with van der Waals surface area (Å²) in [4.78, 5) is 8.54. The number of nitrogens with zero attached hydrogens (tertiary/aromatic N) is 2. The van der Waals surface area contributed by atoms with Crippen LogP contribution in [-0.2, 0) is 6.54 Å². The zero-order valence-corrected chi connectivity index (χ0v) is 13.0. The Bertz CT molecular complexity index is 443. The molecule has 3 heterocycles. The van der Waals surface area contributed by atoms with Gasteiger partial charge in [0.1, 0.15) is 0 Å². The van der Waals surface area contributed by atoms with Gasteiger partial charge in [-0.05, 0) is 43.7 Å². The highest BCUT2D eigenvalue weighted by molar-refractivity contribution is 7.09. The van der Waals surface area contributed by atoms with Crippen molar-refractivity contribution in [3.05, 3.63) is 22.4 Å². The van der Waals surface area contributed by atoms with Gasteiger partial charge in [-0.1, -0.05) is 6.07 Å². The van der Waals surface area contributed by atoms with Crippen molar-refractivity contribution in [2.24, 2.45) is 10.9 Å². The molecule has 3 rings (SSSR count). The van der Waals surface area contributed by atoms with Crippen LogP contribution in [0.25, 0.3) is 0 Å². The van der Waals surface area contributed by atoms with Crippen LogP contribution in [0.4, 0.5) is 0 Å². The molecule has 0 aliphatic carbocycles. The fourth-order valence-electron chi connectivity index (χ4n) is 2.99. The van der Waals surface area contributed by atoms with Gasteiger partial charge >= 0.3 is 0 Å². The van der Waals surface area contributed by atoms with E-state index in [1.165, 1.54) is 30.8 Å². The van der Waals surface area contributed by atoms with Crippen LogP contribution >= 0.6 is 11.3 Å². The predicted octanol–water partition coefficient (Wildman–Crippen LogP) is 1.90. The molecule has 1 aromatic rings. The Balaban J connectivity index is 1.43. The Kier molecular flexibility index (Phi) is 4.58. The molecule has 0 spiro atoms. The Labute approximate surface area is 125 Å². The van der Waals surface area contributed by atoms with Crippen LogP contribution in [0.2, 0.25) is 0 Å². The lowest BCUT2D eigenvalue weighted by Crippen LogP contribution is -2.44. The predicted molar refractivity (Wildman–Crippen MR) is 85.2 cm³/mol. The van der Waals surface area contributed by atoms with Crippen molar-refractivity contribution in [3.8, 4) is 0 Å². The van der Waals surface area contributed by atoms with Crippen LogP contribution in [0.1, 0.15) is 24.6 Å². The minimum atomic E-state index is 0.485. The molecule has 110 valence electrons. The molecule has 5 heteroatoms. The summed E-state index contributed by atoms with van der Waals surface area (Å²) in [6.07, 6.45) is 2.64. The van der Waals surface area contributed by atoms with Gasteiger partial charge in [0.2, 0.25) is 0 Å². The van der Waals surface area contributed by atoms with Crippen LogP contribution in [0.5, 0.6) is 0 Å². The van der Waals surface area contributed by atoms with Crippen LogP contribution in [0.3, 0.4) is 0 Å². The van der Waals surface area contributed by atoms with E-state index in [0.717, 1.165) is 31.5 Å². The molecular weight excluding hydrogens is 268 g/mol. The summed E-state index contributed by atoms with van der Waals surface area (Å²) >= 11 is 1.87. The number of piperidine rings is 1. The molecule has 4 nitrogen and oxygen atoms in total. The van der Waals surface area contributed by atoms with Crippen LogP contribution in [0, 0.1) is 5.92 Å². The lowest BCUT2D eigenvalue weighted by Gasteiger charge is -2.32. The molecular formula is C15H24N4S. The molecule has 0 aromatic carbocycles. The Morgan fingerprint density at radius 1 is 1.55 bits per heavy atom. The molecule has 1 aromatic heterocycles. The third-order valence-electron chi connectivity index (χ3n) is 4.03. The topological polar surface area (TPSA) is 39.7 Å². The maximum absolute atomic E-state index is 4.46. The molecule has 2 unspecified atom stereocenters. The summed E-state index contributed by atoms with van der Waals surface area (Å²) in [5.41, 5.74) is 0. The molecule has 2 atom stereocenters. The maximum Gasteiger partial charge on any atom is 0.191 e. The molecule has 0 bridgehead atoms. The van der Waals surface area contributed by atoms with E-state index in [2.05, 4.69) is 45.0 Å². The molecule has 0 saturated carbocycles. The van der Waals surface area contributed by atoms with Crippen molar-refractivity contribution >= 4 is 17.3 Å². The van der Waals surface area contributed by atoms with E-state index in [-0.39, 0.29) is 0 Å². The van der Waals surface area contributed by atoms with Gasteiger partial charge in [0.15, 0.2) is 5.96 Å². The van der Waals surface area contributed by atoms with Gasteiger partial charge in [-0.15, -0.1) is 11.3 Å². The zero-order chi connectivity index (χ0) is 13.8. The molecule has 1 fully saturated rings. The number of thiophene rings is 1. The second-order valence-corrected chi connectivity index (χ2v) is 6.97. The minimum absolute atomic E-state index is 0.485. The van der Waals surface area contributed by atoms with Gasteiger partial charge in [-0.25, -0.2) is 0 Å². The first kappa shape index (κ1) is 13.9. The first-order valence-corrected chi connectivity index (χ1v) is 8.47. The first-order valence-electron chi connectivity index (χ1n) is 7.59. The van der Waals surface area contributed by atoms with Gasteiger partial charge in [0, 0.05) is 30.6 Å². The summed E-state index contributed by atoms with van der Waals surface area (Å²) in [5, 5.41) is 9.01. The number of nitrogens with one attached hydrogen (secondary N) is 2. The summed E-state index contributed by atoms with van der Waals surface area (Å²) in [7, 11) is 0. The second-order valence-electron chi connectivity index (χ2n) is 5.94. The fraction of sp³-hybridized carbons (Fsp3) is 0.667. The van der Waals surface area contributed by atoms with Crippen molar-refractivity contribution in [1.29, 1.82) is 0 Å². The van der Waals surface area contributed by atoms with Crippen molar-refractivity contribution in [2.45, 2.75) is 32.4 Å². The Morgan fingerprint density at radius 2 is 2.50 bits per heavy atom. The SMILES string of the molecule is CC1CN=C(NCC2CCCN(Cc3cccs3)C2)N1. The van der Waals surface area contributed by atoms with Crippen LogP contribution in [-0.4, -0.2) is 43.1 Å². The van der Waals surface area contributed by atoms with E-state index in [4.69, 9.17) is 0 Å². The molecule has 1 saturated heterocycles. The number of likely N-dealkylation sites (tertiary alicyclic amines) is 1. The number of hydrogen-bond acceptors (Lipinski definition) is 5. The van der Waals surface area contributed by atoms with Crippen LogP contribution in [0.15, 0.2) is 22.5 Å². The number of aliphatic imine (C=N–C) groups is 1. The van der Waals surface area contributed by atoms with E-state index in [1.54, 1.807) is 0 Å². The number of rotatable bonds is 4. The van der Waals surface area contributed by atoms with Crippen molar-refractivity contribution in [1.82, 2.24) is 15.5 Å². The number of hydrogen-bond donors (Lipinski definition) is 2. The standard InChI is InChI=1S/C15H24N4S/c1-12-8-16-15(18-12)17-9-13-4-2-6-19(10-13)11-14-5-3-7-20-14/h3,5,7,12-13H,2,4,6,8-11H2,1H3,(H2,16,17,18). The molecule has 0 radical (unpaired) electrons. The van der Waals surface area contributed by atoms with Gasteiger partial charge < -0.3 is 10.6 Å². The van der Waals surface area contributed by atoms with E-state index >= 15 is 0 Å². The van der Waals surface area contributed by atoms with E-state index in [9.17, 15) is 0 Å². The summed E-state index contributed by atoms with van der Waals surface area (Å²) in [6.45, 7) is 7.67. The van der Waals surface area contributed by atoms with Crippen molar-refractivity contribution in [2.75, 3.05) is 26.2 Å². The van der Waals surface area contributed by atoms with Crippen LogP contribution < -0.4 is 10.6 Å². The van der Waals surface area contributed by atoms with E-state index in [1.807, 2.05) is 11.3 Å². The smallest absolute Gasteiger partial charge is 0.191 e. The van der Waals surface area contributed by atoms with Gasteiger partial charge in [0.25, 0.3) is 0 Å². The van der Waals surface area contributed by atoms with Crippen molar-refractivity contribution < 1.29 is 0 Å². The van der Waals surface area contributed by atoms with E-state index < -0.39 is 0 Å². The minimum Gasteiger partial charge on any atom is -0.356 e. The molecule has 2 aliphatic rings. The van der Waals surface area contributed by atoms with Gasteiger partial charge in [0.05, 0.1) is 6.54 Å². The summed E-state index contributed by atoms with van der Waals surface area (Å²) < 4.78 is 0.